The summed E-state index contributed by atoms with van der Waals surface area (Å²) in [5.41, 5.74) is -0.712. The number of aromatic amines is 1. The fourth-order valence-corrected chi connectivity index (χ4v) is 2.25. The third-order valence-electron chi connectivity index (χ3n) is 3.41. The molecule has 8 nitrogen and oxygen atoms in total. The summed E-state index contributed by atoms with van der Waals surface area (Å²) in [5.74, 6) is -1.78. The van der Waals surface area contributed by atoms with Gasteiger partial charge in [0.15, 0.2) is 0 Å². The summed E-state index contributed by atoms with van der Waals surface area (Å²) in [6, 6.07) is 10.6. The van der Waals surface area contributed by atoms with Gasteiger partial charge in [-0.25, -0.2) is 0 Å². The fraction of sp³-hybridized carbons (Fsp3) is 0.250. The van der Waals surface area contributed by atoms with E-state index in [1.54, 1.807) is 0 Å². The predicted octanol–water partition coefficient (Wildman–Crippen LogP) is 1.76. The van der Waals surface area contributed by atoms with Gasteiger partial charge in [0.25, 0.3) is 0 Å². The van der Waals surface area contributed by atoms with Gasteiger partial charge in [-0.1, -0.05) is 30.3 Å². The molecule has 0 aliphatic rings. The van der Waals surface area contributed by atoms with Crippen molar-refractivity contribution in [1.29, 1.82) is 0 Å². The molecule has 1 aromatic carbocycles. The second kappa shape index (κ2) is 8.02. The highest BCUT2D eigenvalue weighted by atomic mass is 16.6. The summed E-state index contributed by atoms with van der Waals surface area (Å²) in [5, 5.41) is 11.1. The van der Waals surface area contributed by atoms with Crippen LogP contribution in [0.2, 0.25) is 0 Å². The van der Waals surface area contributed by atoms with Crippen LogP contribution in [0.1, 0.15) is 17.0 Å². The molecule has 0 bridgehead atoms. The average molecular weight is 332 g/mol. The summed E-state index contributed by atoms with van der Waals surface area (Å²) < 4.78 is 10.2. The van der Waals surface area contributed by atoms with Crippen molar-refractivity contribution in [3.05, 3.63) is 74.2 Å². The van der Waals surface area contributed by atoms with Gasteiger partial charge in [-0.2, -0.15) is 0 Å². The van der Waals surface area contributed by atoms with Gasteiger partial charge in [-0.05, 0) is 11.6 Å². The molecule has 1 N–H and O–H groups in total. The van der Waals surface area contributed by atoms with E-state index in [0.29, 0.717) is 0 Å². The lowest BCUT2D eigenvalue weighted by Crippen LogP contribution is -2.24. The van der Waals surface area contributed by atoms with Crippen molar-refractivity contribution in [3.63, 3.8) is 0 Å². The molecule has 0 spiro atoms. The van der Waals surface area contributed by atoms with Crippen molar-refractivity contribution < 1.29 is 19.2 Å². The van der Waals surface area contributed by atoms with Crippen molar-refractivity contribution >= 4 is 11.7 Å². The van der Waals surface area contributed by atoms with Gasteiger partial charge in [0.2, 0.25) is 0 Å². The number of carbonyl (C=O) groups excluding carboxylic acids is 1. The third kappa shape index (κ3) is 4.05. The Balaban J connectivity index is 2.23. The number of carbonyl (C=O) groups is 1. The van der Waals surface area contributed by atoms with E-state index in [1.165, 1.54) is 19.4 Å². The summed E-state index contributed by atoms with van der Waals surface area (Å²) in [4.78, 5) is 36.3. The Kier molecular flexibility index (Phi) is 5.80. The molecule has 2 rings (SSSR count). The quantitative estimate of drug-likeness (QED) is 0.470. The van der Waals surface area contributed by atoms with Gasteiger partial charge in [-0.15, -0.1) is 0 Å². The molecule has 0 saturated heterocycles. The number of hydrogen-bond donors (Lipinski definition) is 1. The third-order valence-corrected chi connectivity index (χ3v) is 3.41. The number of esters is 1. The van der Waals surface area contributed by atoms with E-state index >= 15 is 0 Å². The lowest BCUT2D eigenvalue weighted by Gasteiger charge is -2.15. The molecule has 0 fully saturated rings. The molecule has 0 amide bonds. The van der Waals surface area contributed by atoms with Crippen LogP contribution in [0.4, 0.5) is 5.69 Å². The van der Waals surface area contributed by atoms with E-state index in [4.69, 9.17) is 9.47 Å². The minimum atomic E-state index is -1.07. The smallest absolute Gasteiger partial charge is 0.337 e. The van der Waals surface area contributed by atoms with E-state index in [0.717, 1.165) is 5.56 Å². The molecule has 0 unspecified atom stereocenters. The highest BCUT2D eigenvalue weighted by Gasteiger charge is 2.31. The van der Waals surface area contributed by atoms with Crippen LogP contribution in [0.5, 0.6) is 0 Å². The van der Waals surface area contributed by atoms with Crippen LogP contribution in [0.15, 0.2) is 47.4 Å². The average Bonchev–Trinajstić information content (AvgIpc) is 2.58. The first-order valence-electron chi connectivity index (χ1n) is 7.10. The number of H-pyrrole nitrogens is 1. The number of methoxy groups -OCH3 is 1. The maximum Gasteiger partial charge on any atom is 0.337 e. The zero-order valence-corrected chi connectivity index (χ0v) is 12.9. The van der Waals surface area contributed by atoms with E-state index in [-0.39, 0.29) is 18.8 Å². The fourth-order valence-electron chi connectivity index (χ4n) is 2.25. The summed E-state index contributed by atoms with van der Waals surface area (Å²) >= 11 is 0. The maximum absolute atomic E-state index is 12.0. The van der Waals surface area contributed by atoms with E-state index < -0.39 is 28.1 Å². The van der Waals surface area contributed by atoms with Crippen molar-refractivity contribution in [2.45, 2.75) is 12.5 Å². The Bertz CT molecular complexity index is 772. The number of aromatic nitrogens is 1. The normalized spacial score (nSPS) is 11.7. The number of hydrogen-bond acceptors (Lipinski definition) is 6. The molecular weight excluding hydrogens is 316 g/mol. The second-order valence-corrected chi connectivity index (χ2v) is 4.94. The lowest BCUT2D eigenvalue weighted by molar-refractivity contribution is -0.387. The minimum absolute atomic E-state index is 0.0383. The van der Waals surface area contributed by atoms with Gasteiger partial charge >= 0.3 is 17.2 Å². The number of nitro groups is 1. The van der Waals surface area contributed by atoms with Crippen LogP contribution in [0.3, 0.4) is 0 Å². The highest BCUT2D eigenvalue weighted by molar-refractivity contribution is 5.79. The summed E-state index contributed by atoms with van der Waals surface area (Å²) in [6.07, 6.45) is 1.25. The summed E-state index contributed by atoms with van der Waals surface area (Å²) in [6.45, 7) is 0.0805. The zero-order chi connectivity index (χ0) is 17.5. The number of nitrogens with zero attached hydrogens (tertiary/aromatic N) is 1. The molecule has 126 valence electrons. The standard InChI is InChI=1S/C16H16N2O6/c1-23-16(20)13(10-24-9-11-5-3-2-4-6-11)12-7-8-17-15(19)14(12)18(21)22/h2-8,13H,9-10H2,1H3,(H,17,19)/t13-/m0/s1. The van der Waals surface area contributed by atoms with Gasteiger partial charge in [0, 0.05) is 6.20 Å². The molecule has 0 aliphatic heterocycles. The first-order chi connectivity index (χ1) is 11.5. The zero-order valence-electron chi connectivity index (χ0n) is 12.9. The van der Waals surface area contributed by atoms with E-state index in [1.807, 2.05) is 30.3 Å². The van der Waals surface area contributed by atoms with Gasteiger partial charge in [0.1, 0.15) is 5.92 Å². The molecule has 0 radical (unpaired) electrons. The van der Waals surface area contributed by atoms with Crippen molar-refractivity contribution in [2.75, 3.05) is 13.7 Å². The Morgan fingerprint density at radius 1 is 1.29 bits per heavy atom. The molecule has 2 aromatic rings. The Labute approximate surface area is 137 Å². The van der Waals surface area contributed by atoms with Crippen LogP contribution in [0.25, 0.3) is 0 Å². The molecule has 1 atom stereocenters. The molecule has 1 heterocycles. The largest absolute Gasteiger partial charge is 0.468 e. The van der Waals surface area contributed by atoms with Crippen molar-refractivity contribution in [1.82, 2.24) is 4.98 Å². The predicted molar refractivity (Wildman–Crippen MR) is 84.6 cm³/mol. The molecule has 8 heteroatoms. The SMILES string of the molecule is COC(=O)[C@@H](COCc1ccccc1)c1cc[nH]c(=O)c1[N+](=O)[O-]. The van der Waals surface area contributed by atoms with Gasteiger partial charge < -0.3 is 14.5 Å². The number of benzene rings is 1. The summed E-state index contributed by atoms with van der Waals surface area (Å²) in [7, 11) is 1.17. The molecule has 0 saturated carbocycles. The van der Waals surface area contributed by atoms with Gasteiger partial charge in [0.05, 0.1) is 30.8 Å². The molecule has 1 aromatic heterocycles. The van der Waals surface area contributed by atoms with Crippen molar-refractivity contribution in [2.24, 2.45) is 0 Å². The Hall–Kier alpha value is -3.00. The van der Waals surface area contributed by atoms with E-state index in [2.05, 4.69) is 4.98 Å². The minimum Gasteiger partial charge on any atom is -0.468 e. The molecule has 0 aliphatic carbocycles. The van der Waals surface area contributed by atoms with E-state index in [9.17, 15) is 19.7 Å². The molecule has 24 heavy (non-hydrogen) atoms. The van der Waals surface area contributed by atoms with Crippen LogP contribution in [0, 0.1) is 10.1 Å². The Morgan fingerprint density at radius 3 is 2.62 bits per heavy atom. The van der Waals surface area contributed by atoms with Crippen LogP contribution in [-0.4, -0.2) is 29.6 Å². The topological polar surface area (TPSA) is 112 Å². The number of ether oxygens (including phenoxy) is 2. The Morgan fingerprint density at radius 2 is 2.00 bits per heavy atom. The van der Waals surface area contributed by atoms with Crippen LogP contribution in [-0.2, 0) is 20.9 Å². The maximum atomic E-state index is 12.0. The second-order valence-electron chi connectivity index (χ2n) is 4.94. The van der Waals surface area contributed by atoms with Crippen molar-refractivity contribution in [3.8, 4) is 0 Å². The van der Waals surface area contributed by atoms with Crippen LogP contribution < -0.4 is 5.56 Å². The number of pyridine rings is 1. The first-order valence-corrected chi connectivity index (χ1v) is 7.10. The number of rotatable bonds is 7. The van der Waals surface area contributed by atoms with Gasteiger partial charge in [-0.3, -0.25) is 19.7 Å². The van der Waals surface area contributed by atoms with Crippen LogP contribution >= 0.6 is 0 Å². The number of nitrogens with one attached hydrogen (secondary N) is 1. The monoisotopic (exact) mass is 332 g/mol. The first kappa shape index (κ1) is 17.4. The highest BCUT2D eigenvalue weighted by Crippen LogP contribution is 2.25. The molecular formula is C16H16N2O6. The lowest BCUT2D eigenvalue weighted by atomic mass is 9.99.